The molecule has 1 saturated carbocycles. The van der Waals surface area contributed by atoms with E-state index in [1.807, 2.05) is 0 Å². The van der Waals surface area contributed by atoms with Crippen LogP contribution in [0, 0.1) is 0 Å². The van der Waals surface area contributed by atoms with Gasteiger partial charge in [0.15, 0.2) is 11.6 Å². The summed E-state index contributed by atoms with van der Waals surface area (Å²) in [4.78, 5) is 15.4. The Balaban J connectivity index is 1.53. The van der Waals surface area contributed by atoms with Gasteiger partial charge in [-0.1, -0.05) is 0 Å². The van der Waals surface area contributed by atoms with Crippen molar-refractivity contribution in [3.8, 4) is 17.0 Å². The number of rotatable bonds is 4. The van der Waals surface area contributed by atoms with E-state index >= 15 is 0 Å². The van der Waals surface area contributed by atoms with Crippen molar-refractivity contribution in [3.63, 3.8) is 0 Å². The van der Waals surface area contributed by atoms with E-state index in [4.69, 9.17) is 15.5 Å². The molecule has 2 aliphatic heterocycles. The average Bonchev–Trinajstić information content (AvgIpc) is 3.29. The van der Waals surface area contributed by atoms with Gasteiger partial charge in [0.1, 0.15) is 11.6 Å². The SMILES string of the molecule is Nc1ncc(-c2cc(N3C[C@@H]4C[C@H]3CO4)nc(C3CC3)n2)cc1OC(F)(F)F. The van der Waals surface area contributed by atoms with E-state index < -0.39 is 12.1 Å². The highest BCUT2D eigenvalue weighted by Gasteiger charge is 2.40. The molecule has 0 radical (unpaired) electrons. The van der Waals surface area contributed by atoms with E-state index in [-0.39, 0.29) is 18.0 Å². The third-order valence-electron chi connectivity index (χ3n) is 5.27. The molecule has 2 bridgehead atoms. The zero-order chi connectivity index (χ0) is 19.5. The number of nitrogens with zero attached hydrogens (tertiary/aromatic N) is 4. The monoisotopic (exact) mass is 393 g/mol. The van der Waals surface area contributed by atoms with E-state index in [9.17, 15) is 13.2 Å². The lowest BCUT2D eigenvalue weighted by atomic mass is 10.1. The van der Waals surface area contributed by atoms with Gasteiger partial charge in [-0.05, 0) is 25.3 Å². The molecule has 28 heavy (non-hydrogen) atoms. The van der Waals surface area contributed by atoms with E-state index in [2.05, 4.69) is 19.6 Å². The van der Waals surface area contributed by atoms with Crippen molar-refractivity contribution >= 4 is 11.6 Å². The maximum absolute atomic E-state index is 12.6. The summed E-state index contributed by atoms with van der Waals surface area (Å²) < 4.78 is 47.6. The number of anilines is 2. The number of nitrogen functional groups attached to an aromatic ring is 1. The van der Waals surface area contributed by atoms with E-state index in [0.717, 1.165) is 31.6 Å². The van der Waals surface area contributed by atoms with E-state index in [0.29, 0.717) is 29.6 Å². The first-order valence-corrected chi connectivity index (χ1v) is 9.14. The first kappa shape index (κ1) is 17.5. The molecule has 2 saturated heterocycles. The van der Waals surface area contributed by atoms with Crippen molar-refractivity contribution in [1.82, 2.24) is 15.0 Å². The summed E-state index contributed by atoms with van der Waals surface area (Å²) in [6.45, 7) is 1.42. The summed E-state index contributed by atoms with van der Waals surface area (Å²) in [5, 5.41) is 0. The van der Waals surface area contributed by atoms with Gasteiger partial charge in [0.2, 0.25) is 0 Å². The van der Waals surface area contributed by atoms with Gasteiger partial charge in [-0.15, -0.1) is 13.2 Å². The van der Waals surface area contributed by atoms with Crippen LogP contribution in [0.5, 0.6) is 5.75 Å². The van der Waals surface area contributed by atoms with Crippen LogP contribution in [-0.2, 0) is 4.74 Å². The molecule has 2 aromatic heterocycles. The maximum Gasteiger partial charge on any atom is 0.573 e. The second-order valence-electron chi connectivity index (χ2n) is 7.40. The van der Waals surface area contributed by atoms with Crippen LogP contribution < -0.4 is 15.4 Å². The van der Waals surface area contributed by atoms with Crippen molar-refractivity contribution < 1.29 is 22.6 Å². The molecule has 148 valence electrons. The molecule has 5 rings (SSSR count). The molecule has 0 spiro atoms. The largest absolute Gasteiger partial charge is 0.573 e. The number of ether oxygens (including phenoxy) is 2. The normalized spacial score (nSPS) is 24.0. The van der Waals surface area contributed by atoms with Crippen LogP contribution >= 0.6 is 0 Å². The minimum Gasteiger partial charge on any atom is -0.402 e. The second kappa shape index (κ2) is 6.20. The Morgan fingerprint density at radius 1 is 1.21 bits per heavy atom. The van der Waals surface area contributed by atoms with Gasteiger partial charge in [0.05, 0.1) is 24.4 Å². The predicted molar refractivity (Wildman–Crippen MR) is 93.8 cm³/mol. The second-order valence-corrected chi connectivity index (χ2v) is 7.40. The molecule has 2 N–H and O–H groups in total. The summed E-state index contributed by atoms with van der Waals surface area (Å²) in [7, 11) is 0. The highest BCUT2D eigenvalue weighted by Crippen LogP contribution is 2.41. The van der Waals surface area contributed by atoms with E-state index in [1.165, 1.54) is 12.3 Å². The summed E-state index contributed by atoms with van der Waals surface area (Å²) >= 11 is 0. The lowest BCUT2D eigenvalue weighted by molar-refractivity contribution is -0.274. The fraction of sp³-hybridized carbons (Fsp3) is 0.500. The molecular formula is C18H18F3N5O2. The Bertz CT molecular complexity index is 919. The number of nitrogens with two attached hydrogens (primary N) is 1. The molecular weight excluding hydrogens is 375 g/mol. The molecule has 0 amide bonds. The van der Waals surface area contributed by atoms with Crippen LogP contribution in [-0.4, -0.2) is 46.6 Å². The van der Waals surface area contributed by atoms with Gasteiger partial charge >= 0.3 is 6.36 Å². The Hall–Kier alpha value is -2.62. The highest BCUT2D eigenvalue weighted by molar-refractivity contribution is 5.67. The third kappa shape index (κ3) is 3.32. The van der Waals surface area contributed by atoms with Crippen molar-refractivity contribution in [2.75, 3.05) is 23.8 Å². The maximum atomic E-state index is 12.6. The number of hydrogen-bond acceptors (Lipinski definition) is 7. The van der Waals surface area contributed by atoms with Gasteiger partial charge in [-0.25, -0.2) is 15.0 Å². The summed E-state index contributed by atoms with van der Waals surface area (Å²) in [5.74, 6) is 0.921. The van der Waals surface area contributed by atoms with Gasteiger partial charge in [0.25, 0.3) is 0 Å². The van der Waals surface area contributed by atoms with Crippen molar-refractivity contribution in [3.05, 3.63) is 24.2 Å². The predicted octanol–water partition coefficient (Wildman–Crippen LogP) is 2.87. The topological polar surface area (TPSA) is 86.4 Å². The fourth-order valence-corrected chi connectivity index (χ4v) is 3.75. The lowest BCUT2D eigenvalue weighted by Gasteiger charge is -2.28. The molecule has 3 aliphatic rings. The summed E-state index contributed by atoms with van der Waals surface area (Å²) in [6, 6.07) is 3.28. The molecule has 0 aromatic carbocycles. The smallest absolute Gasteiger partial charge is 0.402 e. The van der Waals surface area contributed by atoms with Gasteiger partial charge < -0.3 is 20.1 Å². The number of halogens is 3. The molecule has 4 heterocycles. The van der Waals surface area contributed by atoms with Gasteiger partial charge in [-0.2, -0.15) is 0 Å². The average molecular weight is 393 g/mol. The molecule has 0 unspecified atom stereocenters. The molecule has 7 nitrogen and oxygen atoms in total. The molecule has 10 heteroatoms. The first-order chi connectivity index (χ1) is 13.4. The zero-order valence-electron chi connectivity index (χ0n) is 14.8. The van der Waals surface area contributed by atoms with E-state index in [1.54, 1.807) is 6.07 Å². The van der Waals surface area contributed by atoms with Crippen molar-refractivity contribution in [2.45, 2.75) is 43.7 Å². The van der Waals surface area contributed by atoms with Crippen molar-refractivity contribution in [1.29, 1.82) is 0 Å². The Morgan fingerprint density at radius 3 is 2.68 bits per heavy atom. The zero-order valence-corrected chi connectivity index (χ0v) is 14.8. The Labute approximate surface area is 158 Å². The lowest BCUT2D eigenvalue weighted by Crippen LogP contribution is -2.37. The number of morpholine rings is 1. The number of aromatic nitrogens is 3. The highest BCUT2D eigenvalue weighted by atomic mass is 19.4. The van der Waals surface area contributed by atoms with Gasteiger partial charge in [0, 0.05) is 30.3 Å². The summed E-state index contributed by atoms with van der Waals surface area (Å²) in [5.41, 5.74) is 6.45. The van der Waals surface area contributed by atoms with Gasteiger partial charge in [-0.3, -0.25) is 0 Å². The number of fused-ring (bicyclic) bond motifs is 2. The van der Waals surface area contributed by atoms with Crippen LogP contribution in [0.4, 0.5) is 24.8 Å². The van der Waals surface area contributed by atoms with Crippen molar-refractivity contribution in [2.24, 2.45) is 0 Å². The minimum absolute atomic E-state index is 0.206. The first-order valence-electron chi connectivity index (χ1n) is 9.14. The van der Waals surface area contributed by atoms with Crippen LogP contribution in [0.1, 0.15) is 31.0 Å². The molecule has 1 aliphatic carbocycles. The quantitative estimate of drug-likeness (QED) is 0.855. The number of hydrogen-bond donors (Lipinski definition) is 1. The number of alkyl halides is 3. The Kier molecular flexibility index (Phi) is 3.87. The summed E-state index contributed by atoms with van der Waals surface area (Å²) in [6.07, 6.45) is -0.246. The fourth-order valence-electron chi connectivity index (χ4n) is 3.75. The molecule has 3 fully saturated rings. The van der Waals surface area contributed by atoms with Crippen LogP contribution in [0.15, 0.2) is 18.3 Å². The van der Waals surface area contributed by atoms with Crippen LogP contribution in [0.25, 0.3) is 11.3 Å². The molecule has 2 atom stereocenters. The Morgan fingerprint density at radius 2 is 2.04 bits per heavy atom. The van der Waals surface area contributed by atoms with Crippen LogP contribution in [0.3, 0.4) is 0 Å². The number of pyridine rings is 1. The molecule has 2 aromatic rings. The standard InChI is InChI=1S/C18H18F3N5O2/c19-18(20,21)28-14-3-10(6-23-16(14)22)13-5-15(25-17(24-13)9-1-2-9)26-7-12-4-11(26)8-27-12/h3,5-6,9,11-12H,1-2,4,7-8H2,(H2,22,23)/t11-,12-/m0/s1. The third-order valence-corrected chi connectivity index (χ3v) is 5.27. The minimum atomic E-state index is -4.85. The van der Waals surface area contributed by atoms with Crippen LogP contribution in [0.2, 0.25) is 0 Å².